The lowest BCUT2D eigenvalue weighted by Crippen LogP contribution is -2.40. The van der Waals surface area contributed by atoms with Gasteiger partial charge in [-0.15, -0.1) is 0 Å². The molecule has 1 atom stereocenters. The van der Waals surface area contributed by atoms with Gasteiger partial charge < -0.3 is 10.6 Å². The number of nitrogens with two attached hydrogens (primary N) is 1. The van der Waals surface area contributed by atoms with Crippen LogP contribution in [0, 0.1) is 5.82 Å². The van der Waals surface area contributed by atoms with Gasteiger partial charge in [0, 0.05) is 18.9 Å². The van der Waals surface area contributed by atoms with Gasteiger partial charge in [0.05, 0.1) is 29.1 Å². The first-order valence-corrected chi connectivity index (χ1v) is 8.91. The number of pyridine rings is 1. The van der Waals surface area contributed by atoms with Crippen molar-refractivity contribution in [2.45, 2.75) is 18.9 Å². The maximum Gasteiger partial charge on any atom is 0.256 e. The molecule has 0 aliphatic carbocycles. The van der Waals surface area contributed by atoms with Crippen molar-refractivity contribution in [1.82, 2.24) is 19.7 Å². The SMILES string of the molecule is Nc1c(C(=O)[C@@H]2CCCN2C(=O)c2cccnc2)cnn1-c1cccc(F)c1. The van der Waals surface area contributed by atoms with Crippen LogP contribution >= 0.6 is 0 Å². The van der Waals surface area contributed by atoms with E-state index in [0.29, 0.717) is 24.2 Å². The molecule has 3 aromatic rings. The van der Waals surface area contributed by atoms with E-state index < -0.39 is 11.9 Å². The molecule has 7 nitrogen and oxygen atoms in total. The number of hydrogen-bond donors (Lipinski definition) is 1. The van der Waals surface area contributed by atoms with E-state index in [1.54, 1.807) is 35.4 Å². The highest BCUT2D eigenvalue weighted by molar-refractivity contribution is 6.07. The first-order valence-electron chi connectivity index (χ1n) is 8.91. The molecular formula is C20H18FN5O2. The van der Waals surface area contributed by atoms with Crippen molar-refractivity contribution in [3.8, 4) is 5.69 Å². The molecule has 2 aromatic heterocycles. The van der Waals surface area contributed by atoms with Gasteiger partial charge in [-0.05, 0) is 43.2 Å². The number of carbonyl (C=O) groups is 2. The zero-order valence-electron chi connectivity index (χ0n) is 15.0. The summed E-state index contributed by atoms with van der Waals surface area (Å²) in [6.07, 6.45) is 5.72. The second-order valence-electron chi connectivity index (χ2n) is 6.60. The number of benzene rings is 1. The van der Waals surface area contributed by atoms with Crippen LogP contribution in [0.5, 0.6) is 0 Å². The number of anilines is 1. The molecule has 1 fully saturated rings. The molecule has 1 aliphatic rings. The third-order valence-corrected chi connectivity index (χ3v) is 4.85. The Kier molecular flexibility index (Phi) is 4.60. The van der Waals surface area contributed by atoms with Crippen molar-refractivity contribution in [2.75, 3.05) is 12.3 Å². The topological polar surface area (TPSA) is 94.1 Å². The van der Waals surface area contributed by atoms with Crippen LogP contribution in [0.1, 0.15) is 33.6 Å². The van der Waals surface area contributed by atoms with E-state index in [1.165, 1.54) is 29.2 Å². The minimum atomic E-state index is -0.611. The Bertz CT molecular complexity index is 1030. The Morgan fingerprint density at radius 3 is 2.79 bits per heavy atom. The highest BCUT2D eigenvalue weighted by Gasteiger charge is 2.36. The third kappa shape index (κ3) is 3.13. The molecule has 1 amide bonds. The molecule has 0 saturated carbocycles. The summed E-state index contributed by atoms with van der Waals surface area (Å²) < 4.78 is 14.8. The number of nitrogens with zero attached hydrogens (tertiary/aromatic N) is 4. The molecule has 142 valence electrons. The normalized spacial score (nSPS) is 16.3. The molecular weight excluding hydrogens is 361 g/mol. The second kappa shape index (κ2) is 7.22. The maximum atomic E-state index is 13.5. The van der Waals surface area contributed by atoms with Crippen LogP contribution in [0.4, 0.5) is 10.2 Å². The summed E-state index contributed by atoms with van der Waals surface area (Å²) in [7, 11) is 0. The van der Waals surface area contributed by atoms with Gasteiger partial charge in [-0.3, -0.25) is 14.6 Å². The Morgan fingerprint density at radius 2 is 2.04 bits per heavy atom. The second-order valence-corrected chi connectivity index (χ2v) is 6.60. The van der Waals surface area contributed by atoms with Gasteiger partial charge in [-0.25, -0.2) is 9.07 Å². The number of Topliss-reactive ketones (excluding diaryl/α,β-unsaturated/α-hetero) is 1. The summed E-state index contributed by atoms with van der Waals surface area (Å²) in [6, 6.07) is 8.53. The molecule has 0 radical (unpaired) electrons. The summed E-state index contributed by atoms with van der Waals surface area (Å²) in [4.78, 5) is 31.4. The van der Waals surface area contributed by atoms with Gasteiger partial charge in [0.25, 0.3) is 5.91 Å². The number of hydrogen-bond acceptors (Lipinski definition) is 5. The largest absolute Gasteiger partial charge is 0.383 e. The average molecular weight is 379 g/mol. The molecule has 2 N–H and O–H groups in total. The summed E-state index contributed by atoms with van der Waals surface area (Å²) in [6.45, 7) is 0.488. The van der Waals surface area contributed by atoms with E-state index in [9.17, 15) is 14.0 Å². The number of ketones is 1. The number of rotatable bonds is 4. The van der Waals surface area contributed by atoms with Gasteiger partial charge in [0.1, 0.15) is 11.6 Å². The lowest BCUT2D eigenvalue weighted by Gasteiger charge is -2.23. The van der Waals surface area contributed by atoms with E-state index >= 15 is 0 Å². The number of aromatic nitrogens is 3. The minimum absolute atomic E-state index is 0.122. The first kappa shape index (κ1) is 17.8. The van der Waals surface area contributed by atoms with E-state index in [2.05, 4.69) is 10.1 Å². The lowest BCUT2D eigenvalue weighted by atomic mass is 10.0. The van der Waals surface area contributed by atoms with Gasteiger partial charge in [-0.2, -0.15) is 5.10 Å². The standard InChI is InChI=1S/C20H18FN5O2/c21-14-5-1-6-15(10-14)26-19(22)16(12-24-26)18(27)17-7-3-9-25(17)20(28)13-4-2-8-23-11-13/h1-2,4-6,8,10-12,17H,3,7,9,22H2/t17-/m0/s1. The Morgan fingerprint density at radius 1 is 1.18 bits per heavy atom. The van der Waals surface area contributed by atoms with Crippen molar-refractivity contribution >= 4 is 17.5 Å². The van der Waals surface area contributed by atoms with Gasteiger partial charge in [-0.1, -0.05) is 6.07 Å². The van der Waals surface area contributed by atoms with Crippen LogP contribution in [0.2, 0.25) is 0 Å². The molecule has 4 rings (SSSR count). The van der Waals surface area contributed by atoms with Crippen molar-refractivity contribution in [3.05, 3.63) is 71.9 Å². The Hall–Kier alpha value is -3.55. The van der Waals surface area contributed by atoms with Crippen molar-refractivity contribution in [3.63, 3.8) is 0 Å². The third-order valence-electron chi connectivity index (χ3n) is 4.85. The molecule has 8 heteroatoms. The van der Waals surface area contributed by atoms with Gasteiger partial charge >= 0.3 is 0 Å². The van der Waals surface area contributed by atoms with Crippen LogP contribution in [0.25, 0.3) is 5.69 Å². The molecule has 1 saturated heterocycles. The summed E-state index contributed by atoms with van der Waals surface area (Å²) >= 11 is 0. The smallest absolute Gasteiger partial charge is 0.256 e. The quantitative estimate of drug-likeness (QED) is 0.703. The number of carbonyl (C=O) groups excluding carboxylic acids is 2. The summed E-state index contributed by atoms with van der Waals surface area (Å²) in [5.74, 6) is -0.810. The van der Waals surface area contributed by atoms with Gasteiger partial charge in [0.15, 0.2) is 5.78 Å². The Labute approximate surface area is 160 Å². The lowest BCUT2D eigenvalue weighted by molar-refractivity contribution is 0.0671. The number of amides is 1. The predicted molar refractivity (Wildman–Crippen MR) is 101 cm³/mol. The van der Waals surface area contributed by atoms with E-state index in [0.717, 1.165) is 6.42 Å². The number of nitrogen functional groups attached to an aromatic ring is 1. The molecule has 0 bridgehead atoms. The van der Waals surface area contributed by atoms with E-state index in [-0.39, 0.29) is 23.1 Å². The van der Waals surface area contributed by atoms with Crippen molar-refractivity contribution in [1.29, 1.82) is 0 Å². The molecule has 1 aliphatic heterocycles. The fraction of sp³-hybridized carbons (Fsp3) is 0.200. The zero-order chi connectivity index (χ0) is 19.7. The summed E-state index contributed by atoms with van der Waals surface area (Å²) in [5.41, 5.74) is 7.21. The number of halogens is 1. The number of likely N-dealkylation sites (tertiary alicyclic amines) is 1. The molecule has 0 spiro atoms. The van der Waals surface area contributed by atoms with Crippen LogP contribution in [-0.2, 0) is 0 Å². The monoisotopic (exact) mass is 379 g/mol. The fourth-order valence-corrected chi connectivity index (χ4v) is 3.48. The first-order chi connectivity index (χ1) is 13.6. The predicted octanol–water partition coefficient (Wildman–Crippen LogP) is 2.48. The maximum absolute atomic E-state index is 13.5. The zero-order valence-corrected chi connectivity index (χ0v) is 15.0. The molecule has 3 heterocycles. The highest BCUT2D eigenvalue weighted by Crippen LogP contribution is 2.26. The van der Waals surface area contributed by atoms with Gasteiger partial charge in [0.2, 0.25) is 0 Å². The highest BCUT2D eigenvalue weighted by atomic mass is 19.1. The molecule has 1 aromatic carbocycles. The molecule has 28 heavy (non-hydrogen) atoms. The Balaban J connectivity index is 1.62. The van der Waals surface area contributed by atoms with E-state index in [1.807, 2.05) is 0 Å². The van der Waals surface area contributed by atoms with Crippen LogP contribution < -0.4 is 5.73 Å². The minimum Gasteiger partial charge on any atom is -0.383 e. The average Bonchev–Trinajstić information content (AvgIpc) is 3.34. The van der Waals surface area contributed by atoms with Crippen LogP contribution in [0.15, 0.2) is 55.0 Å². The van der Waals surface area contributed by atoms with Crippen molar-refractivity contribution in [2.24, 2.45) is 0 Å². The van der Waals surface area contributed by atoms with Crippen molar-refractivity contribution < 1.29 is 14.0 Å². The van der Waals surface area contributed by atoms with Crippen LogP contribution in [0.3, 0.4) is 0 Å². The fourth-order valence-electron chi connectivity index (χ4n) is 3.48. The summed E-state index contributed by atoms with van der Waals surface area (Å²) in [5, 5.41) is 4.14. The molecule has 0 unspecified atom stereocenters. The van der Waals surface area contributed by atoms with E-state index in [4.69, 9.17) is 5.73 Å². The van der Waals surface area contributed by atoms with Crippen LogP contribution in [-0.4, -0.2) is 43.9 Å².